The Bertz CT molecular complexity index is 710. The zero-order valence-electron chi connectivity index (χ0n) is 11.1. The summed E-state index contributed by atoms with van der Waals surface area (Å²) >= 11 is 3.42. The zero-order chi connectivity index (χ0) is 14.7. The SMILES string of the molecule is CCOC(=O)c1nn(-c2ccc(Br)c(C)c2)ccc1=O. The molecule has 0 N–H and O–H groups in total. The average Bonchev–Trinajstić information content (AvgIpc) is 2.42. The van der Waals surface area contributed by atoms with Gasteiger partial charge in [0, 0.05) is 16.7 Å². The number of esters is 1. The van der Waals surface area contributed by atoms with Gasteiger partial charge in [0.25, 0.3) is 0 Å². The van der Waals surface area contributed by atoms with Crippen molar-refractivity contribution in [3.8, 4) is 5.69 Å². The lowest BCUT2D eigenvalue weighted by Gasteiger charge is -2.08. The number of benzene rings is 1. The predicted octanol–water partition coefficient (Wildman–Crippen LogP) is 2.48. The van der Waals surface area contributed by atoms with Crippen LogP contribution in [0.3, 0.4) is 0 Å². The molecular weight excluding hydrogens is 324 g/mol. The quantitative estimate of drug-likeness (QED) is 0.808. The molecule has 0 atom stereocenters. The first-order valence-electron chi connectivity index (χ1n) is 6.06. The van der Waals surface area contributed by atoms with Gasteiger partial charge in [-0.3, -0.25) is 4.79 Å². The Morgan fingerprint density at radius 1 is 1.40 bits per heavy atom. The molecule has 0 saturated carbocycles. The van der Waals surface area contributed by atoms with E-state index >= 15 is 0 Å². The minimum absolute atomic E-state index is 0.201. The van der Waals surface area contributed by atoms with Gasteiger partial charge in [-0.25, -0.2) is 9.48 Å². The van der Waals surface area contributed by atoms with Crippen molar-refractivity contribution >= 4 is 21.9 Å². The van der Waals surface area contributed by atoms with Gasteiger partial charge in [0.15, 0.2) is 0 Å². The Morgan fingerprint density at radius 3 is 2.80 bits per heavy atom. The summed E-state index contributed by atoms with van der Waals surface area (Å²) in [6.45, 7) is 3.83. The molecule has 0 aliphatic carbocycles. The maximum Gasteiger partial charge on any atom is 0.362 e. The molecular formula is C14H13BrN2O3. The molecule has 0 aliphatic heterocycles. The van der Waals surface area contributed by atoms with Crippen LogP contribution in [0.4, 0.5) is 0 Å². The van der Waals surface area contributed by atoms with Crippen LogP contribution < -0.4 is 5.43 Å². The van der Waals surface area contributed by atoms with Gasteiger partial charge in [-0.2, -0.15) is 5.10 Å². The van der Waals surface area contributed by atoms with Crippen LogP contribution >= 0.6 is 15.9 Å². The molecule has 6 heteroatoms. The first-order chi connectivity index (χ1) is 9.52. The van der Waals surface area contributed by atoms with Crippen LogP contribution in [0.2, 0.25) is 0 Å². The van der Waals surface area contributed by atoms with E-state index < -0.39 is 11.4 Å². The fourth-order valence-corrected chi connectivity index (χ4v) is 1.91. The number of halogens is 1. The fraction of sp³-hybridized carbons (Fsp3) is 0.214. The molecule has 2 rings (SSSR count). The molecule has 1 heterocycles. The number of nitrogens with zero attached hydrogens (tertiary/aromatic N) is 2. The molecule has 0 unspecified atom stereocenters. The molecule has 0 fully saturated rings. The molecule has 0 amide bonds. The van der Waals surface area contributed by atoms with E-state index in [1.54, 1.807) is 6.92 Å². The molecule has 2 aromatic rings. The first kappa shape index (κ1) is 14.5. The van der Waals surface area contributed by atoms with Crippen LogP contribution in [0.25, 0.3) is 5.69 Å². The topological polar surface area (TPSA) is 61.2 Å². The van der Waals surface area contributed by atoms with Gasteiger partial charge >= 0.3 is 5.97 Å². The Kier molecular flexibility index (Phi) is 4.34. The summed E-state index contributed by atoms with van der Waals surface area (Å²) in [7, 11) is 0. The number of aromatic nitrogens is 2. The Morgan fingerprint density at radius 2 is 2.15 bits per heavy atom. The van der Waals surface area contributed by atoms with Gasteiger partial charge in [-0.05, 0) is 37.6 Å². The summed E-state index contributed by atoms with van der Waals surface area (Å²) in [6.07, 6.45) is 1.52. The van der Waals surface area contributed by atoms with Crippen LogP contribution in [-0.2, 0) is 4.74 Å². The number of hydrogen-bond acceptors (Lipinski definition) is 4. The van der Waals surface area contributed by atoms with Crippen molar-refractivity contribution in [1.29, 1.82) is 0 Å². The second-order valence-corrected chi connectivity index (χ2v) is 4.98. The van der Waals surface area contributed by atoms with Crippen LogP contribution in [-0.4, -0.2) is 22.4 Å². The van der Waals surface area contributed by atoms with E-state index in [4.69, 9.17) is 4.74 Å². The minimum atomic E-state index is -0.708. The molecule has 0 saturated heterocycles. The minimum Gasteiger partial charge on any atom is -0.461 e. The number of rotatable bonds is 3. The average molecular weight is 337 g/mol. The molecule has 1 aromatic carbocycles. The van der Waals surface area contributed by atoms with E-state index in [0.29, 0.717) is 0 Å². The Hall–Kier alpha value is -1.95. The van der Waals surface area contributed by atoms with E-state index in [1.807, 2.05) is 25.1 Å². The van der Waals surface area contributed by atoms with E-state index in [0.717, 1.165) is 15.7 Å². The van der Waals surface area contributed by atoms with Crippen molar-refractivity contribution < 1.29 is 9.53 Å². The number of aryl methyl sites for hydroxylation is 1. The van der Waals surface area contributed by atoms with Crippen molar-refractivity contribution in [2.45, 2.75) is 13.8 Å². The summed E-state index contributed by atoms with van der Waals surface area (Å²) in [5.74, 6) is -0.708. The Balaban J connectivity index is 2.48. The highest BCUT2D eigenvalue weighted by Crippen LogP contribution is 2.18. The Labute approximate surface area is 124 Å². The summed E-state index contributed by atoms with van der Waals surface area (Å²) in [6, 6.07) is 6.92. The maximum atomic E-state index is 11.7. The van der Waals surface area contributed by atoms with E-state index in [2.05, 4.69) is 21.0 Å². The predicted molar refractivity (Wildman–Crippen MR) is 78.2 cm³/mol. The van der Waals surface area contributed by atoms with Crippen molar-refractivity contribution in [1.82, 2.24) is 9.78 Å². The highest BCUT2D eigenvalue weighted by atomic mass is 79.9. The zero-order valence-corrected chi connectivity index (χ0v) is 12.7. The van der Waals surface area contributed by atoms with Gasteiger partial charge in [-0.1, -0.05) is 15.9 Å². The van der Waals surface area contributed by atoms with Crippen molar-refractivity contribution in [3.05, 3.63) is 56.4 Å². The van der Waals surface area contributed by atoms with Crippen LogP contribution in [0.1, 0.15) is 23.0 Å². The summed E-state index contributed by atoms with van der Waals surface area (Å²) in [5, 5.41) is 4.05. The lowest BCUT2D eigenvalue weighted by atomic mass is 10.2. The molecule has 0 radical (unpaired) electrons. The van der Waals surface area contributed by atoms with Gasteiger partial charge in [0.2, 0.25) is 11.1 Å². The highest BCUT2D eigenvalue weighted by molar-refractivity contribution is 9.10. The van der Waals surface area contributed by atoms with Gasteiger partial charge in [0.1, 0.15) is 0 Å². The highest BCUT2D eigenvalue weighted by Gasteiger charge is 2.14. The standard InChI is InChI=1S/C14H13BrN2O3/c1-3-20-14(19)13-12(18)6-7-17(16-13)10-4-5-11(15)9(2)8-10/h4-8H,3H2,1-2H3. The third-order valence-corrected chi connectivity index (χ3v) is 3.57. The monoisotopic (exact) mass is 336 g/mol. The van der Waals surface area contributed by atoms with Crippen LogP contribution in [0.15, 0.2) is 39.7 Å². The van der Waals surface area contributed by atoms with Crippen molar-refractivity contribution in [2.75, 3.05) is 6.61 Å². The molecule has 104 valence electrons. The normalized spacial score (nSPS) is 10.3. The molecule has 20 heavy (non-hydrogen) atoms. The number of carbonyl (C=O) groups is 1. The largest absolute Gasteiger partial charge is 0.461 e. The molecule has 0 bridgehead atoms. The number of ether oxygens (including phenoxy) is 1. The van der Waals surface area contributed by atoms with Crippen LogP contribution in [0, 0.1) is 6.92 Å². The molecule has 0 spiro atoms. The van der Waals surface area contributed by atoms with Gasteiger partial charge in [0.05, 0.1) is 12.3 Å². The van der Waals surface area contributed by atoms with E-state index in [-0.39, 0.29) is 12.3 Å². The third kappa shape index (κ3) is 2.96. The summed E-state index contributed by atoms with van der Waals surface area (Å²) < 4.78 is 7.28. The van der Waals surface area contributed by atoms with Gasteiger partial charge < -0.3 is 4.74 Å². The molecule has 1 aromatic heterocycles. The lowest BCUT2D eigenvalue weighted by molar-refractivity contribution is 0.0515. The first-order valence-corrected chi connectivity index (χ1v) is 6.86. The lowest BCUT2D eigenvalue weighted by Crippen LogP contribution is -2.22. The molecule has 0 aliphatic rings. The summed E-state index contributed by atoms with van der Waals surface area (Å²) in [4.78, 5) is 23.3. The van der Waals surface area contributed by atoms with Crippen molar-refractivity contribution in [2.24, 2.45) is 0 Å². The second-order valence-electron chi connectivity index (χ2n) is 4.13. The smallest absolute Gasteiger partial charge is 0.362 e. The van der Waals surface area contributed by atoms with Crippen molar-refractivity contribution in [3.63, 3.8) is 0 Å². The van der Waals surface area contributed by atoms with Crippen LogP contribution in [0.5, 0.6) is 0 Å². The fourth-order valence-electron chi connectivity index (χ4n) is 1.66. The number of carbonyl (C=O) groups excluding carboxylic acids is 1. The van der Waals surface area contributed by atoms with E-state index in [9.17, 15) is 9.59 Å². The second kappa shape index (κ2) is 6.00. The number of hydrogen-bond donors (Lipinski definition) is 0. The van der Waals surface area contributed by atoms with Gasteiger partial charge in [-0.15, -0.1) is 0 Å². The third-order valence-electron chi connectivity index (χ3n) is 2.68. The van der Waals surface area contributed by atoms with E-state index in [1.165, 1.54) is 16.9 Å². The maximum absolute atomic E-state index is 11.7. The summed E-state index contributed by atoms with van der Waals surface area (Å²) in [5.41, 5.74) is 1.13. The molecule has 5 nitrogen and oxygen atoms in total.